The lowest BCUT2D eigenvalue weighted by atomic mass is 9.85. The fourth-order valence-electron chi connectivity index (χ4n) is 4.06. The van der Waals surface area contributed by atoms with E-state index in [1.165, 1.54) is 15.6 Å². The van der Waals surface area contributed by atoms with Crippen molar-refractivity contribution in [1.29, 1.82) is 0 Å². The van der Waals surface area contributed by atoms with Gasteiger partial charge in [0.15, 0.2) is 0 Å². The largest absolute Gasteiger partial charge is 0.389 e. The Morgan fingerprint density at radius 1 is 1.00 bits per heavy atom. The van der Waals surface area contributed by atoms with Crippen LogP contribution in [0.5, 0.6) is 0 Å². The minimum absolute atomic E-state index is 0. The van der Waals surface area contributed by atoms with E-state index in [0.717, 1.165) is 50.9 Å². The van der Waals surface area contributed by atoms with E-state index in [1.54, 1.807) is 11.3 Å². The summed E-state index contributed by atoms with van der Waals surface area (Å²) in [6, 6.07) is 18.5. The van der Waals surface area contributed by atoms with Crippen LogP contribution in [-0.2, 0) is 6.42 Å². The third-order valence-electron chi connectivity index (χ3n) is 5.75. The number of halogens is 1. The van der Waals surface area contributed by atoms with Gasteiger partial charge in [0, 0.05) is 30.8 Å². The summed E-state index contributed by atoms with van der Waals surface area (Å²) >= 11 is 1.70. The molecule has 1 aromatic heterocycles. The van der Waals surface area contributed by atoms with Gasteiger partial charge >= 0.3 is 0 Å². The topological polar surface area (TPSA) is 43.7 Å². The van der Waals surface area contributed by atoms with Crippen molar-refractivity contribution >= 4 is 33.8 Å². The highest BCUT2D eigenvalue weighted by Gasteiger charge is 2.32. The molecule has 2 aromatic carbocycles. The van der Waals surface area contributed by atoms with Crippen LogP contribution in [0.15, 0.2) is 60.0 Å². The smallest absolute Gasteiger partial charge is 0.0816 e. The number of aliphatic hydroxyl groups excluding tert-OH is 1. The van der Waals surface area contributed by atoms with Crippen LogP contribution < -0.4 is 0 Å². The molecule has 150 valence electrons. The highest BCUT2D eigenvalue weighted by Crippen LogP contribution is 2.32. The minimum atomic E-state index is -0.597. The van der Waals surface area contributed by atoms with E-state index >= 15 is 0 Å². The van der Waals surface area contributed by atoms with E-state index < -0.39 is 11.7 Å². The van der Waals surface area contributed by atoms with Gasteiger partial charge in [0.2, 0.25) is 0 Å². The monoisotopic (exact) mass is 417 g/mol. The maximum Gasteiger partial charge on any atom is 0.0816 e. The number of fused-ring (bicyclic) bond motifs is 1. The number of likely N-dealkylation sites (tertiary alicyclic amines) is 1. The first-order chi connectivity index (χ1) is 13.1. The Labute approximate surface area is 177 Å². The highest BCUT2D eigenvalue weighted by atomic mass is 35.5. The molecule has 1 fully saturated rings. The first-order valence-corrected chi connectivity index (χ1v) is 10.6. The number of thiophene rings is 1. The van der Waals surface area contributed by atoms with Gasteiger partial charge in [0.05, 0.1) is 11.7 Å². The molecule has 2 N–H and O–H groups in total. The van der Waals surface area contributed by atoms with Crippen LogP contribution in [0.3, 0.4) is 0 Å². The standard InChI is InChI=1S/C23H27NO2S.ClH/c25-21(20-17-27-22-9-5-4-8-19(20)22)10-13-24-14-11-23(26,12-15-24)16-18-6-2-1-3-7-18;/h1-9,17,21,25-26H,10-16H2;1H. The van der Waals surface area contributed by atoms with Gasteiger partial charge in [-0.05, 0) is 47.2 Å². The third-order valence-corrected chi connectivity index (χ3v) is 6.73. The molecule has 0 radical (unpaired) electrons. The van der Waals surface area contributed by atoms with Crippen LogP contribution in [-0.4, -0.2) is 40.3 Å². The zero-order valence-corrected chi connectivity index (χ0v) is 17.6. The number of hydrogen-bond donors (Lipinski definition) is 2. The van der Waals surface area contributed by atoms with Gasteiger partial charge in [0.25, 0.3) is 0 Å². The van der Waals surface area contributed by atoms with E-state index in [4.69, 9.17) is 0 Å². The summed E-state index contributed by atoms with van der Waals surface area (Å²) in [6.07, 6.45) is 2.62. The number of hydrogen-bond acceptors (Lipinski definition) is 4. The van der Waals surface area contributed by atoms with Crippen LogP contribution in [0.1, 0.15) is 36.5 Å². The van der Waals surface area contributed by atoms with Gasteiger partial charge in [-0.15, -0.1) is 23.7 Å². The van der Waals surface area contributed by atoms with E-state index in [0.29, 0.717) is 0 Å². The minimum Gasteiger partial charge on any atom is -0.389 e. The van der Waals surface area contributed by atoms with Gasteiger partial charge in [-0.25, -0.2) is 0 Å². The Morgan fingerprint density at radius 3 is 2.43 bits per heavy atom. The highest BCUT2D eigenvalue weighted by molar-refractivity contribution is 7.17. The van der Waals surface area contributed by atoms with Crippen molar-refractivity contribution in [2.75, 3.05) is 19.6 Å². The van der Waals surface area contributed by atoms with Crippen molar-refractivity contribution in [2.24, 2.45) is 0 Å². The SMILES string of the molecule is Cl.OC(CCN1CCC(O)(Cc2ccccc2)CC1)c1csc2ccccc12. The lowest BCUT2D eigenvalue weighted by molar-refractivity contribution is -0.0228. The van der Waals surface area contributed by atoms with Gasteiger partial charge in [0.1, 0.15) is 0 Å². The van der Waals surface area contributed by atoms with E-state index in [-0.39, 0.29) is 12.4 Å². The molecule has 1 saturated heterocycles. The van der Waals surface area contributed by atoms with Gasteiger partial charge in [-0.2, -0.15) is 0 Å². The zero-order chi connectivity index (χ0) is 18.7. The molecule has 2 heterocycles. The number of piperidine rings is 1. The summed E-state index contributed by atoms with van der Waals surface area (Å²) in [5.41, 5.74) is 1.65. The second-order valence-corrected chi connectivity index (χ2v) is 8.63. The van der Waals surface area contributed by atoms with Gasteiger partial charge < -0.3 is 15.1 Å². The van der Waals surface area contributed by atoms with Crippen molar-refractivity contribution in [3.63, 3.8) is 0 Å². The van der Waals surface area contributed by atoms with Crippen LogP contribution in [0.4, 0.5) is 0 Å². The normalized spacial score (nSPS) is 17.9. The Bertz CT molecular complexity index is 874. The van der Waals surface area contributed by atoms with Gasteiger partial charge in [-0.3, -0.25) is 0 Å². The molecule has 0 amide bonds. The average molecular weight is 418 g/mol. The number of benzene rings is 2. The van der Waals surface area contributed by atoms with Crippen molar-refractivity contribution in [3.05, 3.63) is 71.1 Å². The maximum atomic E-state index is 10.9. The predicted octanol–water partition coefficient (Wildman–Crippen LogP) is 4.82. The molecule has 0 bridgehead atoms. The molecule has 3 aromatic rings. The van der Waals surface area contributed by atoms with Crippen LogP contribution >= 0.6 is 23.7 Å². The Morgan fingerprint density at radius 2 is 1.68 bits per heavy atom. The third kappa shape index (κ3) is 4.94. The Balaban J connectivity index is 0.00000225. The molecule has 1 unspecified atom stereocenters. The molecule has 3 nitrogen and oxygen atoms in total. The number of aliphatic hydroxyl groups is 2. The molecule has 0 spiro atoms. The van der Waals surface area contributed by atoms with Crippen molar-refractivity contribution in [1.82, 2.24) is 4.90 Å². The first kappa shape index (κ1) is 21.3. The van der Waals surface area contributed by atoms with Crippen LogP contribution in [0.2, 0.25) is 0 Å². The van der Waals surface area contributed by atoms with E-state index in [1.807, 2.05) is 30.3 Å². The molecule has 0 aliphatic carbocycles. The molecule has 1 aliphatic rings. The summed E-state index contributed by atoms with van der Waals surface area (Å²) in [7, 11) is 0. The first-order valence-electron chi connectivity index (χ1n) is 9.76. The number of nitrogens with zero attached hydrogens (tertiary/aromatic N) is 1. The molecule has 1 aliphatic heterocycles. The Kier molecular flexibility index (Phi) is 7.13. The number of rotatable bonds is 6. The van der Waals surface area contributed by atoms with E-state index in [9.17, 15) is 10.2 Å². The van der Waals surface area contributed by atoms with Crippen LogP contribution in [0.25, 0.3) is 10.1 Å². The van der Waals surface area contributed by atoms with Crippen LogP contribution in [0, 0.1) is 0 Å². The van der Waals surface area contributed by atoms with Crippen molar-refractivity contribution < 1.29 is 10.2 Å². The molecule has 5 heteroatoms. The predicted molar refractivity (Wildman–Crippen MR) is 119 cm³/mol. The lowest BCUT2D eigenvalue weighted by Crippen LogP contribution is -2.46. The summed E-state index contributed by atoms with van der Waals surface area (Å²) in [4.78, 5) is 2.37. The van der Waals surface area contributed by atoms with Crippen molar-refractivity contribution in [3.8, 4) is 0 Å². The van der Waals surface area contributed by atoms with E-state index in [2.05, 4.69) is 34.5 Å². The average Bonchev–Trinajstić information content (AvgIpc) is 3.12. The fourth-order valence-corrected chi connectivity index (χ4v) is 5.07. The summed E-state index contributed by atoms with van der Waals surface area (Å²) < 4.78 is 1.23. The molecule has 1 atom stereocenters. The quantitative estimate of drug-likeness (QED) is 0.604. The molecular formula is C23H28ClNO2S. The lowest BCUT2D eigenvalue weighted by Gasteiger charge is -2.38. The van der Waals surface area contributed by atoms with Gasteiger partial charge in [-0.1, -0.05) is 48.5 Å². The fraction of sp³-hybridized carbons (Fsp3) is 0.391. The molecule has 4 rings (SSSR count). The summed E-state index contributed by atoms with van der Waals surface area (Å²) in [6.45, 7) is 2.65. The maximum absolute atomic E-state index is 10.9. The second kappa shape index (κ2) is 9.38. The molecular weight excluding hydrogens is 390 g/mol. The summed E-state index contributed by atoms with van der Waals surface area (Å²) in [5, 5.41) is 24.8. The summed E-state index contributed by atoms with van der Waals surface area (Å²) in [5.74, 6) is 0. The Hall–Kier alpha value is -1.43. The second-order valence-electron chi connectivity index (χ2n) is 7.72. The molecule has 28 heavy (non-hydrogen) atoms. The molecule has 0 saturated carbocycles. The zero-order valence-electron chi connectivity index (χ0n) is 16.0. The van der Waals surface area contributed by atoms with Crippen molar-refractivity contribution in [2.45, 2.75) is 37.4 Å².